The highest BCUT2D eigenvalue weighted by Gasteiger charge is 2.41. The van der Waals surface area contributed by atoms with Gasteiger partial charge in [-0.3, -0.25) is 13.6 Å². The number of ether oxygens (including phenoxy) is 2. The molecule has 0 spiro atoms. The molecule has 0 aromatic rings. The van der Waals surface area contributed by atoms with Gasteiger partial charge in [0.15, 0.2) is 13.2 Å². The van der Waals surface area contributed by atoms with Crippen molar-refractivity contribution in [2.75, 3.05) is 33.0 Å². The average Bonchev–Trinajstić information content (AvgIpc) is 3.21. The number of aliphatic hydroxyl groups excluding tert-OH is 2. The molecule has 1 fully saturated rings. The summed E-state index contributed by atoms with van der Waals surface area (Å²) >= 11 is 1.22. The molecule has 1 unspecified atom stereocenters. The molecule has 0 aliphatic carbocycles. The zero-order chi connectivity index (χ0) is 26.6. The Morgan fingerprint density at radius 3 is 2.22 bits per heavy atom. The lowest BCUT2D eigenvalue weighted by Gasteiger charge is -2.30. The van der Waals surface area contributed by atoms with Crippen LogP contribution >= 0.6 is 19.6 Å². The van der Waals surface area contributed by atoms with Gasteiger partial charge in [0.25, 0.3) is 0 Å². The maximum Gasteiger partial charge on any atom is 0.475 e. The minimum atomic E-state index is -4.41. The van der Waals surface area contributed by atoms with E-state index >= 15 is 0 Å². The first-order valence-electron chi connectivity index (χ1n) is 11.7. The minimum Gasteiger partial charge on any atom is -0.464 e. The number of hydrogen-bond donors (Lipinski definition) is 3. The molecule has 2 aliphatic heterocycles. The van der Waals surface area contributed by atoms with Gasteiger partial charge >= 0.3 is 19.8 Å². The topological polar surface area (TPSA) is 192 Å². The molecule has 1 saturated heterocycles. The van der Waals surface area contributed by atoms with Gasteiger partial charge in [0.05, 0.1) is 42.9 Å². The fourth-order valence-electron chi connectivity index (χ4n) is 2.96. The van der Waals surface area contributed by atoms with Crippen LogP contribution in [0.1, 0.15) is 46.0 Å². The maximum atomic E-state index is 13.1. The molecule has 2 aliphatic rings. The molecule has 0 aromatic heterocycles. The van der Waals surface area contributed by atoms with Crippen LogP contribution in [0, 0.1) is 0 Å². The molecule has 0 amide bonds. The van der Waals surface area contributed by atoms with Gasteiger partial charge in [0.1, 0.15) is 0 Å². The van der Waals surface area contributed by atoms with Gasteiger partial charge in [-0.2, -0.15) is 4.99 Å². The van der Waals surface area contributed by atoms with E-state index in [4.69, 9.17) is 28.8 Å². The standard InChI is InChI=1S/C20H35N4O10PS/c1-3-5-7-30-17(26)11-33-35(29,34-12-18(27)31-8-6-4-2)32-10-15-14(25)9-16(36-15)24-13-22-19(21)23-20(24)28/h13-16,20,25,28H,3-12H2,1-2H3,(H2,21,23)/t14-,15-,16-,20?/m1/s1. The van der Waals surface area contributed by atoms with Crippen LogP contribution in [-0.4, -0.2) is 95.5 Å². The molecule has 4 atom stereocenters. The Balaban J connectivity index is 1.94. The lowest BCUT2D eigenvalue weighted by atomic mass is 10.2. The van der Waals surface area contributed by atoms with Crippen molar-refractivity contribution in [3.8, 4) is 0 Å². The number of unbranched alkanes of at least 4 members (excludes halogenated alkanes) is 2. The van der Waals surface area contributed by atoms with E-state index in [2.05, 4.69) is 9.98 Å². The third-order valence-corrected chi connectivity index (χ3v) is 7.88. The number of aliphatic hydroxyl groups is 2. The molecular weight excluding hydrogens is 519 g/mol. The van der Waals surface area contributed by atoms with Crippen LogP contribution in [0.2, 0.25) is 0 Å². The van der Waals surface area contributed by atoms with E-state index < -0.39 is 56.1 Å². The summed E-state index contributed by atoms with van der Waals surface area (Å²) in [6.07, 6.45) is 2.34. The second kappa shape index (κ2) is 15.5. The number of carbonyl (C=O) groups is 2. The van der Waals surface area contributed by atoms with Gasteiger partial charge in [0.2, 0.25) is 12.3 Å². The van der Waals surface area contributed by atoms with Gasteiger partial charge in [0, 0.05) is 6.42 Å². The fraction of sp³-hybridized carbons (Fsp3) is 0.800. The van der Waals surface area contributed by atoms with E-state index in [9.17, 15) is 24.4 Å². The molecule has 0 aromatic carbocycles. The molecule has 0 radical (unpaired) electrons. The Morgan fingerprint density at radius 2 is 1.69 bits per heavy atom. The van der Waals surface area contributed by atoms with Gasteiger partial charge in [-0.15, -0.1) is 11.8 Å². The molecule has 0 bridgehead atoms. The number of aliphatic imine (C=N–C) groups is 2. The third kappa shape index (κ3) is 10.3. The number of hydrogen-bond acceptors (Lipinski definition) is 15. The Morgan fingerprint density at radius 1 is 1.11 bits per heavy atom. The number of nitrogens with two attached hydrogens (primary N) is 1. The van der Waals surface area contributed by atoms with Crippen LogP contribution in [0.15, 0.2) is 9.98 Å². The molecule has 14 nitrogen and oxygen atoms in total. The van der Waals surface area contributed by atoms with Crippen LogP contribution in [0.3, 0.4) is 0 Å². The molecule has 36 heavy (non-hydrogen) atoms. The highest BCUT2D eigenvalue weighted by atomic mass is 32.2. The maximum absolute atomic E-state index is 13.1. The predicted octanol–water partition coefficient (Wildman–Crippen LogP) is 0.958. The molecular formula is C20H35N4O10PS. The van der Waals surface area contributed by atoms with E-state index in [1.54, 1.807) is 0 Å². The van der Waals surface area contributed by atoms with Crippen LogP contribution in [0.4, 0.5) is 0 Å². The molecule has 2 rings (SSSR count). The Kier molecular flexibility index (Phi) is 13.1. The smallest absolute Gasteiger partial charge is 0.464 e. The molecule has 4 N–H and O–H groups in total. The first-order chi connectivity index (χ1) is 17.2. The molecule has 2 heterocycles. The van der Waals surface area contributed by atoms with E-state index in [1.807, 2.05) is 13.8 Å². The summed E-state index contributed by atoms with van der Waals surface area (Å²) in [4.78, 5) is 32.8. The van der Waals surface area contributed by atoms with Crippen molar-refractivity contribution < 1.29 is 47.4 Å². The molecule has 16 heteroatoms. The third-order valence-electron chi connectivity index (χ3n) is 4.97. The fourth-order valence-corrected chi connectivity index (χ4v) is 5.61. The van der Waals surface area contributed by atoms with Crippen molar-refractivity contribution >= 4 is 43.8 Å². The van der Waals surface area contributed by atoms with Crippen LogP contribution < -0.4 is 5.73 Å². The summed E-state index contributed by atoms with van der Waals surface area (Å²) in [6.45, 7) is 2.49. The Bertz CT molecular complexity index is 802. The first-order valence-corrected chi connectivity index (χ1v) is 14.1. The summed E-state index contributed by atoms with van der Waals surface area (Å²) in [6, 6.07) is 0. The highest BCUT2D eigenvalue weighted by Crippen LogP contribution is 2.51. The van der Waals surface area contributed by atoms with Crippen molar-refractivity contribution in [2.24, 2.45) is 15.7 Å². The number of phosphoric acid groups is 1. The summed E-state index contributed by atoms with van der Waals surface area (Å²) in [5.74, 6) is -1.61. The van der Waals surface area contributed by atoms with Gasteiger partial charge in [-0.25, -0.2) is 19.1 Å². The monoisotopic (exact) mass is 554 g/mol. The first kappa shape index (κ1) is 30.5. The lowest BCUT2D eigenvalue weighted by Crippen LogP contribution is -2.42. The quantitative estimate of drug-likeness (QED) is 0.139. The summed E-state index contributed by atoms with van der Waals surface area (Å²) in [7, 11) is -4.41. The van der Waals surface area contributed by atoms with E-state index in [1.165, 1.54) is 23.0 Å². The molecule has 0 saturated carbocycles. The van der Waals surface area contributed by atoms with Crippen molar-refractivity contribution in [3.05, 3.63) is 0 Å². The van der Waals surface area contributed by atoms with Crippen molar-refractivity contribution in [2.45, 2.75) is 69.0 Å². The second-order valence-corrected chi connectivity index (χ2v) is 11.0. The number of guanidine groups is 1. The summed E-state index contributed by atoms with van der Waals surface area (Å²) in [5.41, 5.74) is 5.47. The summed E-state index contributed by atoms with van der Waals surface area (Å²) in [5, 5.41) is 19.5. The largest absolute Gasteiger partial charge is 0.475 e. The number of esters is 2. The zero-order valence-corrected chi connectivity index (χ0v) is 22.1. The SMILES string of the molecule is CCCCOC(=O)COP(=O)(OCC(=O)OCCCC)OC[C@H]1S[C@@H](N2C=NC(N)=NC2O)C[C@H]1O. The summed E-state index contributed by atoms with van der Waals surface area (Å²) < 4.78 is 38.6. The number of phosphoric ester groups is 1. The Labute approximate surface area is 214 Å². The minimum absolute atomic E-state index is 0.0705. The average molecular weight is 555 g/mol. The van der Waals surface area contributed by atoms with Gasteiger partial charge < -0.3 is 30.3 Å². The number of rotatable bonds is 16. The van der Waals surface area contributed by atoms with Crippen molar-refractivity contribution in [3.63, 3.8) is 0 Å². The molecule has 206 valence electrons. The second-order valence-electron chi connectivity index (χ2n) is 7.90. The normalized spacial score (nSPS) is 24.0. The van der Waals surface area contributed by atoms with E-state index in [0.29, 0.717) is 12.8 Å². The van der Waals surface area contributed by atoms with Crippen molar-refractivity contribution in [1.29, 1.82) is 0 Å². The van der Waals surface area contributed by atoms with Crippen LogP contribution in [0.5, 0.6) is 0 Å². The highest BCUT2D eigenvalue weighted by molar-refractivity contribution is 8.00. The Hall–Kier alpha value is -1.74. The van der Waals surface area contributed by atoms with Crippen LogP contribution in [0.25, 0.3) is 0 Å². The number of thioether (sulfide) groups is 1. The van der Waals surface area contributed by atoms with E-state index in [0.717, 1.165) is 12.8 Å². The van der Waals surface area contributed by atoms with E-state index in [-0.39, 0.29) is 32.2 Å². The zero-order valence-electron chi connectivity index (χ0n) is 20.4. The number of carbonyl (C=O) groups excluding carboxylic acids is 2. The van der Waals surface area contributed by atoms with Gasteiger partial charge in [-0.1, -0.05) is 26.7 Å². The number of nitrogens with zero attached hydrogens (tertiary/aromatic N) is 3. The predicted molar refractivity (Wildman–Crippen MR) is 131 cm³/mol. The van der Waals surface area contributed by atoms with Crippen molar-refractivity contribution in [1.82, 2.24) is 4.90 Å². The van der Waals surface area contributed by atoms with Gasteiger partial charge in [-0.05, 0) is 12.8 Å². The lowest BCUT2D eigenvalue weighted by molar-refractivity contribution is -0.147. The van der Waals surface area contributed by atoms with Crippen LogP contribution in [-0.2, 0) is 37.2 Å².